The molecule has 3 rings (SSSR count). The average molecular weight is 440 g/mol. The number of rotatable bonds is 8. The third kappa shape index (κ3) is 4.90. The Kier molecular flexibility index (Phi) is 7.26. The molecule has 1 N–H and O–H groups in total. The number of carbonyl (C=O) groups excluding carboxylic acids is 1. The summed E-state index contributed by atoms with van der Waals surface area (Å²) in [6, 6.07) is 4.68. The molecule has 0 bridgehead atoms. The maximum Gasteiger partial charge on any atom is 0.243 e. The first-order valence-corrected chi connectivity index (χ1v) is 12.1. The number of nitrogens with one attached hydrogen (secondary N) is 1. The molecule has 1 atom stereocenters. The van der Waals surface area contributed by atoms with E-state index in [1.807, 2.05) is 0 Å². The lowest BCUT2D eigenvalue weighted by Crippen LogP contribution is -2.48. The van der Waals surface area contributed by atoms with Crippen LogP contribution in [0.2, 0.25) is 0 Å². The number of amides is 1. The molecular formula is C21H33N3O5S. The predicted molar refractivity (Wildman–Crippen MR) is 114 cm³/mol. The molecule has 1 fully saturated rings. The molecule has 1 aromatic carbocycles. The van der Waals surface area contributed by atoms with Crippen molar-refractivity contribution >= 4 is 15.9 Å². The van der Waals surface area contributed by atoms with Crippen molar-refractivity contribution in [1.29, 1.82) is 0 Å². The third-order valence-corrected chi connectivity index (χ3v) is 7.53. The molecule has 168 valence electrons. The van der Waals surface area contributed by atoms with Gasteiger partial charge in [-0.25, -0.2) is 8.42 Å². The Morgan fingerprint density at radius 3 is 2.50 bits per heavy atom. The van der Waals surface area contributed by atoms with Crippen LogP contribution in [-0.2, 0) is 14.8 Å². The topological polar surface area (TPSA) is 88.2 Å². The van der Waals surface area contributed by atoms with E-state index in [0.717, 1.165) is 6.54 Å². The number of hydrogen-bond donors (Lipinski definition) is 1. The number of hydrogen-bond acceptors (Lipinski definition) is 6. The van der Waals surface area contributed by atoms with Crippen LogP contribution in [0.4, 0.5) is 0 Å². The molecule has 2 aliphatic rings. The Hall–Kier alpha value is -1.84. The van der Waals surface area contributed by atoms with Gasteiger partial charge in [0, 0.05) is 37.8 Å². The highest BCUT2D eigenvalue weighted by Crippen LogP contribution is 2.34. The van der Waals surface area contributed by atoms with Gasteiger partial charge in [0.25, 0.3) is 0 Å². The monoisotopic (exact) mass is 439 g/mol. The smallest absolute Gasteiger partial charge is 0.243 e. The Morgan fingerprint density at radius 1 is 1.17 bits per heavy atom. The van der Waals surface area contributed by atoms with Crippen molar-refractivity contribution in [3.05, 3.63) is 18.2 Å². The van der Waals surface area contributed by atoms with Crippen LogP contribution in [-0.4, -0.2) is 74.5 Å². The molecule has 1 saturated heterocycles. The van der Waals surface area contributed by atoms with E-state index in [4.69, 9.17) is 9.47 Å². The van der Waals surface area contributed by atoms with Gasteiger partial charge in [-0.3, -0.25) is 9.69 Å². The van der Waals surface area contributed by atoms with Gasteiger partial charge in [0.1, 0.15) is 19.3 Å². The summed E-state index contributed by atoms with van der Waals surface area (Å²) in [5.41, 5.74) is 0. The van der Waals surface area contributed by atoms with Crippen LogP contribution >= 0.6 is 0 Å². The van der Waals surface area contributed by atoms with Crippen LogP contribution in [0.15, 0.2) is 23.1 Å². The first kappa shape index (κ1) is 22.8. The molecule has 0 spiro atoms. The zero-order chi connectivity index (χ0) is 21.9. The summed E-state index contributed by atoms with van der Waals surface area (Å²) in [4.78, 5) is 15.2. The zero-order valence-electron chi connectivity index (χ0n) is 18.3. The maximum atomic E-state index is 13.2. The molecule has 30 heavy (non-hydrogen) atoms. The quantitative estimate of drug-likeness (QED) is 0.665. The van der Waals surface area contributed by atoms with Gasteiger partial charge < -0.3 is 14.8 Å². The van der Waals surface area contributed by atoms with E-state index >= 15 is 0 Å². The molecule has 0 radical (unpaired) electrons. The molecule has 1 amide bonds. The highest BCUT2D eigenvalue weighted by atomic mass is 32.2. The van der Waals surface area contributed by atoms with Crippen LogP contribution in [0.25, 0.3) is 0 Å². The Morgan fingerprint density at radius 2 is 1.83 bits per heavy atom. The number of fused-ring (bicyclic) bond motifs is 1. The van der Waals surface area contributed by atoms with Crippen molar-refractivity contribution < 1.29 is 22.7 Å². The van der Waals surface area contributed by atoms with Gasteiger partial charge in [-0.2, -0.15) is 4.31 Å². The fourth-order valence-corrected chi connectivity index (χ4v) is 5.82. The van der Waals surface area contributed by atoms with Crippen molar-refractivity contribution in [3.8, 4) is 11.5 Å². The molecule has 1 unspecified atom stereocenters. The van der Waals surface area contributed by atoms with Crippen molar-refractivity contribution in [3.63, 3.8) is 0 Å². The van der Waals surface area contributed by atoms with Gasteiger partial charge in [0.15, 0.2) is 11.5 Å². The molecule has 9 heteroatoms. The molecule has 2 heterocycles. The summed E-state index contributed by atoms with van der Waals surface area (Å²) < 4.78 is 38.8. The van der Waals surface area contributed by atoms with Crippen LogP contribution in [0.1, 0.15) is 40.5 Å². The minimum Gasteiger partial charge on any atom is -0.486 e. The molecule has 0 saturated carbocycles. The van der Waals surface area contributed by atoms with Gasteiger partial charge in [0.2, 0.25) is 15.9 Å². The number of nitrogens with zero attached hydrogens (tertiary/aromatic N) is 2. The number of carbonyl (C=O) groups is 1. The van der Waals surface area contributed by atoms with Gasteiger partial charge in [-0.1, -0.05) is 0 Å². The zero-order valence-corrected chi connectivity index (χ0v) is 19.1. The van der Waals surface area contributed by atoms with Crippen molar-refractivity contribution in [2.45, 2.75) is 63.6 Å². The Balaban J connectivity index is 1.67. The Bertz CT molecular complexity index is 848. The van der Waals surface area contributed by atoms with Crippen molar-refractivity contribution in [2.75, 3.05) is 32.8 Å². The predicted octanol–water partition coefficient (Wildman–Crippen LogP) is 1.85. The van der Waals surface area contributed by atoms with E-state index in [9.17, 15) is 13.2 Å². The van der Waals surface area contributed by atoms with Gasteiger partial charge in [-0.05, 0) is 52.7 Å². The lowest BCUT2D eigenvalue weighted by atomic mass is 10.2. The van der Waals surface area contributed by atoms with E-state index in [0.29, 0.717) is 62.7 Å². The third-order valence-electron chi connectivity index (χ3n) is 5.62. The van der Waals surface area contributed by atoms with Crippen LogP contribution < -0.4 is 14.8 Å². The summed E-state index contributed by atoms with van der Waals surface area (Å²) in [7, 11) is -3.81. The second-order valence-electron chi connectivity index (χ2n) is 8.30. The second-order valence-corrected chi connectivity index (χ2v) is 10.2. The maximum absolute atomic E-state index is 13.2. The van der Waals surface area contributed by atoms with Crippen LogP contribution in [0.5, 0.6) is 11.5 Å². The standard InChI is InChI=1S/C21H33N3O5S/c1-15(2)23(16(3)4)11-9-22-21(25)18-6-5-10-24(18)30(26,27)17-7-8-19-20(14-17)29-13-12-28-19/h7-8,14-16,18H,5-6,9-13H2,1-4H3,(H,22,25). The SMILES string of the molecule is CC(C)N(CCNC(=O)C1CCCN1S(=O)(=O)c1ccc2c(c1)OCCO2)C(C)C. The number of benzene rings is 1. The van der Waals surface area contributed by atoms with Crippen LogP contribution in [0.3, 0.4) is 0 Å². The number of sulfonamides is 1. The molecule has 1 aromatic rings. The van der Waals surface area contributed by atoms with Gasteiger partial charge in [0.05, 0.1) is 4.90 Å². The summed E-state index contributed by atoms with van der Waals surface area (Å²) >= 11 is 0. The van der Waals surface area contributed by atoms with E-state index in [1.165, 1.54) is 16.4 Å². The summed E-state index contributed by atoms with van der Waals surface area (Å²) in [5, 5.41) is 2.94. The molecule has 0 aliphatic carbocycles. The summed E-state index contributed by atoms with van der Waals surface area (Å²) in [6.07, 6.45) is 1.18. The molecular weight excluding hydrogens is 406 g/mol. The highest BCUT2D eigenvalue weighted by molar-refractivity contribution is 7.89. The lowest BCUT2D eigenvalue weighted by molar-refractivity contribution is -0.124. The lowest BCUT2D eigenvalue weighted by Gasteiger charge is -2.31. The van der Waals surface area contributed by atoms with E-state index < -0.39 is 16.1 Å². The first-order valence-electron chi connectivity index (χ1n) is 10.7. The van der Waals surface area contributed by atoms with E-state index in [1.54, 1.807) is 6.07 Å². The summed E-state index contributed by atoms with van der Waals surface area (Å²) in [6.45, 7) is 10.9. The van der Waals surface area contributed by atoms with Gasteiger partial charge in [-0.15, -0.1) is 0 Å². The molecule has 0 aromatic heterocycles. The normalized spacial score (nSPS) is 19.6. The summed E-state index contributed by atoms with van der Waals surface area (Å²) in [5.74, 6) is 0.724. The fraction of sp³-hybridized carbons (Fsp3) is 0.667. The minimum absolute atomic E-state index is 0.122. The van der Waals surface area contributed by atoms with E-state index in [-0.39, 0.29) is 10.8 Å². The fourth-order valence-electron chi connectivity index (χ4n) is 4.15. The number of ether oxygens (including phenoxy) is 2. The highest BCUT2D eigenvalue weighted by Gasteiger charge is 2.39. The second kappa shape index (κ2) is 9.53. The Labute approximate surface area is 179 Å². The van der Waals surface area contributed by atoms with Crippen LogP contribution in [0, 0.1) is 0 Å². The first-order chi connectivity index (χ1) is 14.2. The molecule has 2 aliphatic heterocycles. The van der Waals surface area contributed by atoms with Gasteiger partial charge >= 0.3 is 0 Å². The largest absolute Gasteiger partial charge is 0.486 e. The van der Waals surface area contributed by atoms with Crippen molar-refractivity contribution in [2.24, 2.45) is 0 Å². The molecule has 8 nitrogen and oxygen atoms in total. The minimum atomic E-state index is -3.81. The average Bonchev–Trinajstić information content (AvgIpc) is 3.21. The van der Waals surface area contributed by atoms with E-state index in [2.05, 4.69) is 37.9 Å². The van der Waals surface area contributed by atoms with Crippen molar-refractivity contribution in [1.82, 2.24) is 14.5 Å².